The van der Waals surface area contributed by atoms with E-state index < -0.39 is 0 Å². The monoisotopic (exact) mass is 237 g/mol. The molecule has 2 nitrogen and oxygen atoms in total. The fourth-order valence-corrected chi connectivity index (χ4v) is 2.79. The maximum absolute atomic E-state index is 14.1. The third kappa shape index (κ3) is 2.16. The third-order valence-electron chi connectivity index (χ3n) is 4.04. The Morgan fingerprint density at radius 3 is 2.59 bits per heavy atom. The van der Waals surface area contributed by atoms with Crippen LogP contribution in [0.15, 0.2) is 18.2 Å². The van der Waals surface area contributed by atoms with E-state index in [1.54, 1.807) is 18.2 Å². The first-order valence-corrected chi connectivity index (χ1v) is 6.16. The second kappa shape index (κ2) is 4.65. The van der Waals surface area contributed by atoms with Crippen molar-refractivity contribution in [2.24, 2.45) is 11.1 Å². The molecule has 0 aromatic heterocycles. The molecule has 0 amide bonds. The maximum Gasteiger partial charge on any atom is 0.169 e. The molecular weight excluding hydrogens is 217 g/mol. The molecule has 17 heavy (non-hydrogen) atoms. The Morgan fingerprint density at radius 1 is 1.35 bits per heavy atom. The van der Waals surface area contributed by atoms with Crippen molar-refractivity contribution in [3.8, 4) is 5.75 Å². The van der Waals surface area contributed by atoms with Gasteiger partial charge in [0.2, 0.25) is 0 Å². The number of methoxy groups -OCH3 is 1. The largest absolute Gasteiger partial charge is 0.494 e. The van der Waals surface area contributed by atoms with E-state index in [0.29, 0.717) is 5.56 Å². The van der Waals surface area contributed by atoms with Crippen LogP contribution >= 0.6 is 0 Å². The molecule has 2 N–H and O–H groups in total. The molecule has 1 aliphatic carbocycles. The first-order valence-electron chi connectivity index (χ1n) is 6.16. The van der Waals surface area contributed by atoms with Crippen LogP contribution in [-0.2, 0) is 0 Å². The van der Waals surface area contributed by atoms with Gasteiger partial charge in [-0.05, 0) is 24.3 Å². The van der Waals surface area contributed by atoms with Gasteiger partial charge < -0.3 is 10.5 Å². The maximum atomic E-state index is 14.1. The molecule has 3 heteroatoms. The number of ether oxygens (including phenoxy) is 1. The average Bonchev–Trinajstić information content (AvgIpc) is 2.77. The predicted molar refractivity (Wildman–Crippen MR) is 66.5 cm³/mol. The topological polar surface area (TPSA) is 35.2 Å². The van der Waals surface area contributed by atoms with E-state index in [1.807, 2.05) is 0 Å². The van der Waals surface area contributed by atoms with E-state index in [1.165, 1.54) is 20.0 Å². The summed E-state index contributed by atoms with van der Waals surface area (Å²) in [7, 11) is 1.48. The third-order valence-corrected chi connectivity index (χ3v) is 4.04. The fraction of sp³-hybridized carbons (Fsp3) is 0.571. The molecule has 1 atom stereocenters. The molecular formula is C14H20FNO. The van der Waals surface area contributed by atoms with Gasteiger partial charge in [-0.25, -0.2) is 4.39 Å². The van der Waals surface area contributed by atoms with Crippen molar-refractivity contribution in [3.05, 3.63) is 29.6 Å². The lowest BCUT2D eigenvalue weighted by Gasteiger charge is -2.31. The summed E-state index contributed by atoms with van der Waals surface area (Å²) in [6.45, 7) is 2.16. The van der Waals surface area contributed by atoms with Gasteiger partial charge in [0.05, 0.1) is 7.11 Å². The van der Waals surface area contributed by atoms with Crippen molar-refractivity contribution in [1.82, 2.24) is 0 Å². The highest BCUT2D eigenvalue weighted by Gasteiger charge is 2.37. The van der Waals surface area contributed by atoms with Gasteiger partial charge in [-0.1, -0.05) is 31.9 Å². The van der Waals surface area contributed by atoms with Crippen LogP contribution in [0, 0.1) is 11.2 Å². The van der Waals surface area contributed by atoms with E-state index in [2.05, 4.69) is 6.92 Å². The number of hydrogen-bond donors (Lipinski definition) is 1. The number of halogens is 1. The summed E-state index contributed by atoms with van der Waals surface area (Å²) in [4.78, 5) is 0. The van der Waals surface area contributed by atoms with Gasteiger partial charge >= 0.3 is 0 Å². The fourth-order valence-electron chi connectivity index (χ4n) is 2.79. The van der Waals surface area contributed by atoms with E-state index in [4.69, 9.17) is 10.5 Å². The van der Waals surface area contributed by atoms with E-state index in [9.17, 15) is 4.39 Å². The summed E-state index contributed by atoms with van der Waals surface area (Å²) in [5.41, 5.74) is 6.86. The van der Waals surface area contributed by atoms with Gasteiger partial charge in [0.15, 0.2) is 11.6 Å². The molecule has 0 bridgehead atoms. The lowest BCUT2D eigenvalue weighted by molar-refractivity contribution is 0.258. The van der Waals surface area contributed by atoms with Gasteiger partial charge in [-0.2, -0.15) is 0 Å². The SMILES string of the molecule is COc1cccc(C(N)C2(C)CCCC2)c1F. The molecule has 0 spiro atoms. The smallest absolute Gasteiger partial charge is 0.169 e. The molecule has 1 fully saturated rings. The van der Waals surface area contributed by atoms with Crippen molar-refractivity contribution in [3.63, 3.8) is 0 Å². The van der Waals surface area contributed by atoms with Crippen LogP contribution in [0.3, 0.4) is 0 Å². The molecule has 0 saturated heterocycles. The van der Waals surface area contributed by atoms with Gasteiger partial charge in [0.1, 0.15) is 0 Å². The minimum absolute atomic E-state index is 0.0210. The Morgan fingerprint density at radius 2 is 2.00 bits per heavy atom. The Kier molecular flexibility index (Phi) is 3.38. The van der Waals surface area contributed by atoms with Gasteiger partial charge in [-0.15, -0.1) is 0 Å². The molecule has 1 aliphatic rings. The second-order valence-electron chi connectivity index (χ2n) is 5.20. The molecule has 0 heterocycles. The first-order chi connectivity index (χ1) is 8.08. The Labute approximate surface area is 102 Å². The zero-order chi connectivity index (χ0) is 12.5. The summed E-state index contributed by atoms with van der Waals surface area (Å²) in [5, 5.41) is 0. The highest BCUT2D eigenvalue weighted by Crippen LogP contribution is 2.46. The lowest BCUT2D eigenvalue weighted by atomic mass is 9.77. The Balaban J connectivity index is 2.33. The van der Waals surface area contributed by atoms with Crippen molar-refractivity contribution < 1.29 is 9.13 Å². The lowest BCUT2D eigenvalue weighted by Crippen LogP contribution is -2.30. The predicted octanol–water partition coefficient (Wildman–Crippen LogP) is 3.41. The molecule has 1 saturated carbocycles. The average molecular weight is 237 g/mol. The summed E-state index contributed by atoms with van der Waals surface area (Å²) < 4.78 is 19.1. The van der Waals surface area contributed by atoms with Crippen LogP contribution in [0.5, 0.6) is 5.75 Å². The molecule has 1 aromatic rings. The van der Waals surface area contributed by atoms with Crippen LogP contribution in [0.2, 0.25) is 0 Å². The van der Waals surface area contributed by atoms with Crippen molar-refractivity contribution in [2.75, 3.05) is 7.11 Å². The number of hydrogen-bond acceptors (Lipinski definition) is 2. The van der Waals surface area contributed by atoms with Gasteiger partial charge in [0, 0.05) is 11.6 Å². The van der Waals surface area contributed by atoms with Crippen molar-refractivity contribution in [2.45, 2.75) is 38.6 Å². The highest BCUT2D eigenvalue weighted by atomic mass is 19.1. The molecule has 2 rings (SSSR count). The van der Waals surface area contributed by atoms with E-state index in [0.717, 1.165) is 12.8 Å². The molecule has 94 valence electrons. The number of benzene rings is 1. The van der Waals surface area contributed by atoms with E-state index >= 15 is 0 Å². The van der Waals surface area contributed by atoms with Crippen LogP contribution in [0.1, 0.15) is 44.2 Å². The molecule has 0 radical (unpaired) electrons. The van der Waals surface area contributed by atoms with Crippen LogP contribution in [0.4, 0.5) is 4.39 Å². The normalized spacial score (nSPS) is 20.2. The minimum atomic E-state index is -0.310. The zero-order valence-corrected chi connectivity index (χ0v) is 10.5. The van der Waals surface area contributed by atoms with Crippen LogP contribution in [-0.4, -0.2) is 7.11 Å². The zero-order valence-electron chi connectivity index (χ0n) is 10.5. The Bertz CT molecular complexity index is 399. The van der Waals surface area contributed by atoms with Crippen molar-refractivity contribution >= 4 is 0 Å². The second-order valence-corrected chi connectivity index (χ2v) is 5.20. The molecule has 1 unspecified atom stereocenters. The van der Waals surface area contributed by atoms with Crippen LogP contribution in [0.25, 0.3) is 0 Å². The van der Waals surface area contributed by atoms with E-state index in [-0.39, 0.29) is 23.0 Å². The summed E-state index contributed by atoms with van der Waals surface area (Å²) in [5.74, 6) is -0.0322. The molecule has 1 aromatic carbocycles. The number of rotatable bonds is 3. The number of nitrogens with two attached hydrogens (primary N) is 1. The standard InChI is InChI=1S/C14H20FNO/c1-14(8-3-4-9-14)13(16)10-6-5-7-11(17-2)12(10)15/h5-7,13H,3-4,8-9,16H2,1-2H3. The minimum Gasteiger partial charge on any atom is -0.494 e. The Hall–Kier alpha value is -1.09. The quantitative estimate of drug-likeness (QED) is 0.874. The molecule has 0 aliphatic heterocycles. The van der Waals surface area contributed by atoms with Gasteiger partial charge in [-0.3, -0.25) is 0 Å². The summed E-state index contributed by atoms with van der Waals surface area (Å²) >= 11 is 0. The van der Waals surface area contributed by atoms with Crippen LogP contribution < -0.4 is 10.5 Å². The highest BCUT2D eigenvalue weighted by molar-refractivity contribution is 5.34. The van der Waals surface area contributed by atoms with Crippen molar-refractivity contribution in [1.29, 1.82) is 0 Å². The summed E-state index contributed by atoms with van der Waals surface area (Å²) in [6.07, 6.45) is 4.53. The first kappa shape index (κ1) is 12.4. The van der Waals surface area contributed by atoms with Gasteiger partial charge in [0.25, 0.3) is 0 Å². The summed E-state index contributed by atoms with van der Waals surface area (Å²) in [6, 6.07) is 4.95.